The Labute approximate surface area is 86.5 Å². The fraction of sp³-hybridized carbons (Fsp3) is 0.455. The number of fused-ring (bicyclic) bond motifs is 1. The molecule has 4 unspecified atom stereocenters. The highest BCUT2D eigenvalue weighted by molar-refractivity contribution is 5.29. The maximum absolute atomic E-state index is 13.5. The van der Waals surface area contributed by atoms with Crippen molar-refractivity contribution in [3.63, 3.8) is 0 Å². The summed E-state index contributed by atoms with van der Waals surface area (Å²) in [7, 11) is 0. The predicted molar refractivity (Wildman–Crippen MR) is 52.1 cm³/mol. The van der Waals surface area contributed by atoms with Gasteiger partial charge in [0.15, 0.2) is 0 Å². The Morgan fingerprint density at radius 2 is 2.13 bits per heavy atom. The van der Waals surface area contributed by atoms with Crippen LogP contribution in [0.25, 0.3) is 0 Å². The summed E-state index contributed by atoms with van der Waals surface area (Å²) in [6.07, 6.45) is 0. The van der Waals surface area contributed by atoms with E-state index in [1.54, 1.807) is 0 Å². The zero-order chi connectivity index (χ0) is 10.6. The molecular formula is C11H12F2N2. The number of benzene rings is 1. The van der Waals surface area contributed by atoms with E-state index in [1.165, 1.54) is 12.1 Å². The Hall–Kier alpha value is -1.00. The zero-order valence-corrected chi connectivity index (χ0v) is 8.08. The fourth-order valence-electron chi connectivity index (χ4n) is 2.64. The van der Waals surface area contributed by atoms with E-state index in [1.807, 2.05) is 0 Å². The van der Waals surface area contributed by atoms with Gasteiger partial charge in [0.1, 0.15) is 11.6 Å². The molecule has 1 aromatic carbocycles. The van der Waals surface area contributed by atoms with Crippen LogP contribution in [0.3, 0.4) is 0 Å². The third-order valence-corrected chi connectivity index (χ3v) is 3.55. The van der Waals surface area contributed by atoms with Crippen molar-refractivity contribution in [1.29, 1.82) is 0 Å². The van der Waals surface area contributed by atoms with Crippen LogP contribution in [0.2, 0.25) is 0 Å². The van der Waals surface area contributed by atoms with Crippen LogP contribution >= 0.6 is 0 Å². The molecule has 0 radical (unpaired) electrons. The molecule has 1 aromatic rings. The lowest BCUT2D eigenvalue weighted by Gasteiger charge is -2.15. The van der Waals surface area contributed by atoms with Crippen LogP contribution in [0, 0.1) is 23.5 Å². The lowest BCUT2D eigenvalue weighted by atomic mass is 10.0. The van der Waals surface area contributed by atoms with E-state index in [-0.39, 0.29) is 12.1 Å². The standard InChI is InChI=1S/C11H12F2N2/c12-5-1-2-6(8(13)3-5)11-9-7(4-15-11)10(9)14/h1-3,7,9-11,15H,4,14H2. The van der Waals surface area contributed by atoms with Gasteiger partial charge in [-0.15, -0.1) is 0 Å². The summed E-state index contributed by atoms with van der Waals surface area (Å²) < 4.78 is 26.2. The van der Waals surface area contributed by atoms with Crippen molar-refractivity contribution in [3.05, 3.63) is 35.4 Å². The summed E-state index contributed by atoms with van der Waals surface area (Å²) >= 11 is 0. The first-order valence-corrected chi connectivity index (χ1v) is 5.12. The van der Waals surface area contributed by atoms with Crippen LogP contribution in [-0.2, 0) is 0 Å². The lowest BCUT2D eigenvalue weighted by Crippen LogP contribution is -2.26. The number of hydrogen-bond acceptors (Lipinski definition) is 2. The first kappa shape index (κ1) is 9.24. The van der Waals surface area contributed by atoms with Gasteiger partial charge in [0.25, 0.3) is 0 Å². The van der Waals surface area contributed by atoms with E-state index < -0.39 is 11.6 Å². The predicted octanol–water partition coefficient (Wildman–Crippen LogP) is 1.18. The maximum atomic E-state index is 13.5. The van der Waals surface area contributed by atoms with Gasteiger partial charge < -0.3 is 11.1 Å². The zero-order valence-electron chi connectivity index (χ0n) is 8.08. The van der Waals surface area contributed by atoms with Gasteiger partial charge in [-0.05, 0) is 17.9 Å². The number of nitrogens with one attached hydrogen (secondary N) is 1. The van der Waals surface area contributed by atoms with Crippen LogP contribution < -0.4 is 11.1 Å². The van der Waals surface area contributed by atoms with Crippen molar-refractivity contribution in [2.45, 2.75) is 12.1 Å². The Kier molecular flexibility index (Phi) is 1.85. The third-order valence-electron chi connectivity index (χ3n) is 3.55. The van der Waals surface area contributed by atoms with Gasteiger partial charge in [-0.2, -0.15) is 0 Å². The third kappa shape index (κ3) is 1.28. The second-order valence-electron chi connectivity index (χ2n) is 4.37. The number of hydrogen-bond donors (Lipinski definition) is 2. The second kappa shape index (κ2) is 3.00. The van der Waals surface area contributed by atoms with E-state index >= 15 is 0 Å². The van der Waals surface area contributed by atoms with Crippen LogP contribution in [0.1, 0.15) is 11.6 Å². The molecule has 3 N–H and O–H groups in total. The van der Waals surface area contributed by atoms with E-state index in [0.29, 0.717) is 17.4 Å². The second-order valence-corrected chi connectivity index (χ2v) is 4.37. The van der Waals surface area contributed by atoms with Gasteiger partial charge in [0.2, 0.25) is 0 Å². The molecule has 15 heavy (non-hydrogen) atoms. The van der Waals surface area contributed by atoms with E-state index in [2.05, 4.69) is 5.32 Å². The summed E-state index contributed by atoms with van der Waals surface area (Å²) in [5.74, 6) is -0.220. The molecule has 2 nitrogen and oxygen atoms in total. The maximum Gasteiger partial charge on any atom is 0.130 e. The van der Waals surface area contributed by atoms with Crippen LogP contribution in [-0.4, -0.2) is 12.6 Å². The molecule has 0 spiro atoms. The summed E-state index contributed by atoms with van der Waals surface area (Å²) in [5.41, 5.74) is 6.38. The molecule has 1 aliphatic carbocycles. The summed E-state index contributed by atoms with van der Waals surface area (Å²) in [4.78, 5) is 0. The number of nitrogens with two attached hydrogens (primary N) is 1. The Morgan fingerprint density at radius 3 is 2.73 bits per heavy atom. The van der Waals surface area contributed by atoms with Gasteiger partial charge in [0, 0.05) is 30.3 Å². The molecule has 0 amide bonds. The first-order valence-electron chi connectivity index (χ1n) is 5.12. The van der Waals surface area contributed by atoms with Crippen molar-refractivity contribution in [3.8, 4) is 0 Å². The summed E-state index contributed by atoms with van der Waals surface area (Å²) in [6, 6.07) is 3.88. The monoisotopic (exact) mass is 210 g/mol. The van der Waals surface area contributed by atoms with Crippen molar-refractivity contribution in [2.75, 3.05) is 6.54 Å². The van der Waals surface area contributed by atoms with Crippen molar-refractivity contribution < 1.29 is 8.78 Å². The topological polar surface area (TPSA) is 38.0 Å². The number of rotatable bonds is 1. The van der Waals surface area contributed by atoms with Crippen molar-refractivity contribution in [2.24, 2.45) is 17.6 Å². The van der Waals surface area contributed by atoms with Crippen LogP contribution in [0.5, 0.6) is 0 Å². The van der Waals surface area contributed by atoms with E-state index in [0.717, 1.165) is 12.6 Å². The summed E-state index contributed by atoms with van der Waals surface area (Å²) in [6.45, 7) is 0.841. The normalized spacial score (nSPS) is 37.8. The van der Waals surface area contributed by atoms with Gasteiger partial charge in [0.05, 0.1) is 0 Å². The minimum absolute atomic E-state index is 0.0365. The fourth-order valence-corrected chi connectivity index (χ4v) is 2.64. The molecular weight excluding hydrogens is 198 g/mol. The molecule has 1 aliphatic heterocycles. The molecule has 4 heteroatoms. The molecule has 4 atom stereocenters. The highest BCUT2D eigenvalue weighted by Gasteiger charge is 2.56. The first-order chi connectivity index (χ1) is 7.18. The van der Waals surface area contributed by atoms with Gasteiger partial charge in [-0.1, -0.05) is 6.07 Å². The SMILES string of the molecule is NC1C2CNC(c3ccc(F)cc3F)C12. The molecule has 1 heterocycles. The molecule has 1 saturated carbocycles. The molecule has 3 rings (SSSR count). The average molecular weight is 210 g/mol. The largest absolute Gasteiger partial charge is 0.327 e. The van der Waals surface area contributed by atoms with Crippen LogP contribution in [0.15, 0.2) is 18.2 Å². The Morgan fingerprint density at radius 1 is 1.33 bits per heavy atom. The van der Waals surface area contributed by atoms with Crippen molar-refractivity contribution in [1.82, 2.24) is 5.32 Å². The minimum atomic E-state index is -0.536. The lowest BCUT2D eigenvalue weighted by molar-refractivity contribution is 0.494. The van der Waals surface area contributed by atoms with Crippen LogP contribution in [0.4, 0.5) is 8.78 Å². The molecule has 2 fully saturated rings. The highest BCUT2D eigenvalue weighted by atomic mass is 19.1. The van der Waals surface area contributed by atoms with Crippen molar-refractivity contribution >= 4 is 0 Å². The molecule has 1 saturated heterocycles. The Balaban J connectivity index is 1.93. The smallest absolute Gasteiger partial charge is 0.130 e. The van der Waals surface area contributed by atoms with Gasteiger partial charge in [-0.25, -0.2) is 8.78 Å². The summed E-state index contributed by atoms with van der Waals surface area (Å²) in [5, 5.41) is 3.22. The molecule has 0 aromatic heterocycles. The Bertz CT molecular complexity index is 408. The molecule has 80 valence electrons. The minimum Gasteiger partial charge on any atom is -0.327 e. The van der Waals surface area contributed by atoms with Gasteiger partial charge in [-0.3, -0.25) is 0 Å². The van der Waals surface area contributed by atoms with E-state index in [4.69, 9.17) is 5.73 Å². The molecule has 0 bridgehead atoms. The number of piperidine rings is 1. The molecule has 2 aliphatic rings. The quantitative estimate of drug-likeness (QED) is 0.730. The van der Waals surface area contributed by atoms with Gasteiger partial charge >= 0.3 is 0 Å². The highest BCUT2D eigenvalue weighted by Crippen LogP contribution is 2.50. The number of halogens is 2. The van der Waals surface area contributed by atoms with E-state index in [9.17, 15) is 8.78 Å². The average Bonchev–Trinajstić information content (AvgIpc) is 2.65.